The van der Waals surface area contributed by atoms with Crippen molar-refractivity contribution in [2.45, 2.75) is 25.2 Å². The highest BCUT2D eigenvalue weighted by Crippen LogP contribution is 2.35. The molecule has 0 bridgehead atoms. The van der Waals surface area contributed by atoms with E-state index >= 15 is 0 Å². The summed E-state index contributed by atoms with van der Waals surface area (Å²) in [4.78, 5) is 38.6. The third-order valence-corrected chi connectivity index (χ3v) is 6.12. The normalized spacial score (nSPS) is 16.6. The Balaban J connectivity index is 1.33. The van der Waals surface area contributed by atoms with Crippen LogP contribution in [-0.4, -0.2) is 45.1 Å². The van der Waals surface area contributed by atoms with Gasteiger partial charge in [-0.05, 0) is 61.2 Å². The van der Waals surface area contributed by atoms with Crippen LogP contribution >= 0.6 is 0 Å². The molecule has 1 N–H and O–H groups in total. The van der Waals surface area contributed by atoms with Gasteiger partial charge in [-0.25, -0.2) is 9.97 Å². The highest BCUT2D eigenvalue weighted by atomic mass is 16.5. The molecule has 2 aromatic carbocycles. The van der Waals surface area contributed by atoms with E-state index in [9.17, 15) is 9.59 Å². The van der Waals surface area contributed by atoms with E-state index < -0.39 is 0 Å². The standard InChI is InChI=1S/C26H24N4O3/c1-30-16-14-17(10-13-23(30)31)20-5-4-15-27-26(20)33-19-11-8-18(9-12-19)24(32)25-28-21-6-2-3-7-22(21)29-25/h2-9,11-12,15,17H,10,13-14,16H2,1H3,(H,28,29). The maximum absolute atomic E-state index is 12.9. The number of carbonyl (C=O) groups excluding carboxylic acids is 2. The summed E-state index contributed by atoms with van der Waals surface area (Å²) in [5.41, 5.74) is 3.11. The molecule has 1 unspecified atom stereocenters. The highest BCUT2D eigenvalue weighted by Gasteiger charge is 2.24. The van der Waals surface area contributed by atoms with E-state index in [0.29, 0.717) is 29.4 Å². The van der Waals surface area contributed by atoms with Crippen molar-refractivity contribution in [3.05, 3.63) is 83.8 Å². The van der Waals surface area contributed by atoms with Crippen molar-refractivity contribution in [2.24, 2.45) is 0 Å². The number of nitrogens with one attached hydrogen (secondary N) is 1. The van der Waals surface area contributed by atoms with Crippen molar-refractivity contribution in [1.29, 1.82) is 0 Å². The number of ether oxygens (including phenoxy) is 1. The van der Waals surface area contributed by atoms with Crippen LogP contribution in [0.15, 0.2) is 66.9 Å². The lowest BCUT2D eigenvalue weighted by atomic mass is 9.93. The van der Waals surface area contributed by atoms with Gasteiger partial charge in [0, 0.05) is 37.3 Å². The summed E-state index contributed by atoms with van der Waals surface area (Å²) in [6, 6.07) is 18.4. The number of pyridine rings is 1. The molecular weight excluding hydrogens is 416 g/mol. The molecule has 3 heterocycles. The van der Waals surface area contributed by atoms with Gasteiger partial charge in [-0.2, -0.15) is 0 Å². The molecule has 1 aliphatic rings. The van der Waals surface area contributed by atoms with Gasteiger partial charge >= 0.3 is 0 Å². The molecule has 5 rings (SSSR count). The molecule has 7 heteroatoms. The Kier molecular flexibility index (Phi) is 5.60. The fourth-order valence-corrected chi connectivity index (χ4v) is 4.20. The molecule has 1 saturated heterocycles. The fraction of sp³-hybridized carbons (Fsp3) is 0.231. The Morgan fingerprint density at radius 2 is 1.88 bits per heavy atom. The van der Waals surface area contributed by atoms with Crippen molar-refractivity contribution in [3.63, 3.8) is 0 Å². The maximum Gasteiger partial charge on any atom is 0.228 e. The van der Waals surface area contributed by atoms with E-state index in [4.69, 9.17) is 4.74 Å². The summed E-state index contributed by atoms with van der Waals surface area (Å²) in [5, 5.41) is 0. The molecule has 0 saturated carbocycles. The zero-order valence-electron chi connectivity index (χ0n) is 18.3. The predicted molar refractivity (Wildman–Crippen MR) is 125 cm³/mol. The van der Waals surface area contributed by atoms with Gasteiger partial charge in [0.1, 0.15) is 5.75 Å². The molecule has 0 aliphatic carbocycles. The van der Waals surface area contributed by atoms with Gasteiger partial charge in [-0.15, -0.1) is 0 Å². The highest BCUT2D eigenvalue weighted by molar-refractivity contribution is 6.08. The number of para-hydroxylation sites is 2. The molecule has 7 nitrogen and oxygen atoms in total. The van der Waals surface area contributed by atoms with Gasteiger partial charge in [0.25, 0.3) is 0 Å². The van der Waals surface area contributed by atoms with Gasteiger partial charge in [0.15, 0.2) is 5.82 Å². The first kappa shape index (κ1) is 20.9. The Morgan fingerprint density at radius 1 is 1.06 bits per heavy atom. The molecule has 0 radical (unpaired) electrons. The zero-order chi connectivity index (χ0) is 22.8. The number of nitrogens with zero attached hydrogens (tertiary/aromatic N) is 3. The van der Waals surface area contributed by atoms with Crippen LogP contribution in [0.5, 0.6) is 11.6 Å². The van der Waals surface area contributed by atoms with E-state index in [1.54, 1.807) is 35.4 Å². The molecule has 1 atom stereocenters. The summed E-state index contributed by atoms with van der Waals surface area (Å²) in [7, 11) is 1.85. The number of aromatic amines is 1. The van der Waals surface area contributed by atoms with Crippen molar-refractivity contribution < 1.29 is 14.3 Å². The van der Waals surface area contributed by atoms with E-state index in [1.165, 1.54) is 0 Å². The molecule has 2 aromatic heterocycles. The number of H-pyrrole nitrogens is 1. The number of carbonyl (C=O) groups is 2. The SMILES string of the molecule is CN1CCC(c2cccnc2Oc2ccc(C(=O)c3nc4ccccc4[nH]3)cc2)CCC1=O. The minimum atomic E-state index is -0.177. The lowest BCUT2D eigenvalue weighted by molar-refractivity contribution is -0.129. The number of hydrogen-bond acceptors (Lipinski definition) is 5. The molecule has 33 heavy (non-hydrogen) atoms. The minimum Gasteiger partial charge on any atom is -0.439 e. The van der Waals surface area contributed by atoms with Crippen LogP contribution < -0.4 is 4.74 Å². The second kappa shape index (κ2) is 8.86. The molecular formula is C26H24N4O3. The number of likely N-dealkylation sites (tertiary alicyclic amines) is 1. The monoisotopic (exact) mass is 440 g/mol. The molecule has 4 aromatic rings. The summed E-state index contributed by atoms with van der Waals surface area (Å²) in [5.74, 6) is 1.65. The van der Waals surface area contributed by atoms with Crippen LogP contribution in [0.1, 0.15) is 46.9 Å². The molecule has 1 aliphatic heterocycles. The number of aromatic nitrogens is 3. The molecule has 1 amide bonds. The first-order chi connectivity index (χ1) is 16.1. The Morgan fingerprint density at radius 3 is 2.70 bits per heavy atom. The summed E-state index contributed by atoms with van der Waals surface area (Å²) >= 11 is 0. The van der Waals surface area contributed by atoms with Crippen LogP contribution in [0.3, 0.4) is 0 Å². The summed E-state index contributed by atoms with van der Waals surface area (Å²) < 4.78 is 6.10. The number of amides is 1. The van der Waals surface area contributed by atoms with Crippen LogP contribution in [-0.2, 0) is 4.79 Å². The Hall–Kier alpha value is -4.00. The predicted octanol–water partition coefficient (Wildman–Crippen LogP) is 4.71. The molecule has 1 fully saturated rings. The number of benzene rings is 2. The topological polar surface area (TPSA) is 88.2 Å². The molecule has 166 valence electrons. The molecule has 0 spiro atoms. The van der Waals surface area contributed by atoms with Gasteiger partial charge < -0.3 is 14.6 Å². The minimum absolute atomic E-state index is 0.175. The first-order valence-corrected chi connectivity index (χ1v) is 11.0. The van der Waals surface area contributed by atoms with E-state index in [1.807, 2.05) is 43.4 Å². The van der Waals surface area contributed by atoms with E-state index in [-0.39, 0.29) is 17.6 Å². The van der Waals surface area contributed by atoms with Crippen LogP contribution in [0, 0.1) is 0 Å². The van der Waals surface area contributed by atoms with Gasteiger partial charge in [-0.1, -0.05) is 18.2 Å². The van der Waals surface area contributed by atoms with E-state index in [0.717, 1.165) is 36.0 Å². The largest absolute Gasteiger partial charge is 0.439 e. The number of hydrogen-bond donors (Lipinski definition) is 1. The van der Waals surface area contributed by atoms with E-state index in [2.05, 4.69) is 15.0 Å². The zero-order valence-corrected chi connectivity index (χ0v) is 18.3. The lowest BCUT2D eigenvalue weighted by Crippen LogP contribution is -2.25. The number of ketones is 1. The Labute approximate surface area is 191 Å². The van der Waals surface area contributed by atoms with Gasteiger partial charge in [0.2, 0.25) is 17.6 Å². The second-order valence-corrected chi connectivity index (χ2v) is 8.30. The summed E-state index contributed by atoms with van der Waals surface area (Å²) in [6.45, 7) is 0.719. The first-order valence-electron chi connectivity index (χ1n) is 11.0. The van der Waals surface area contributed by atoms with Crippen LogP contribution in [0.4, 0.5) is 0 Å². The average Bonchev–Trinajstić information content (AvgIpc) is 3.21. The second-order valence-electron chi connectivity index (χ2n) is 8.30. The van der Waals surface area contributed by atoms with Crippen molar-refractivity contribution in [2.75, 3.05) is 13.6 Å². The Bertz CT molecular complexity index is 1280. The van der Waals surface area contributed by atoms with Gasteiger partial charge in [0.05, 0.1) is 11.0 Å². The third-order valence-electron chi connectivity index (χ3n) is 6.12. The fourth-order valence-electron chi connectivity index (χ4n) is 4.20. The number of fused-ring (bicyclic) bond motifs is 1. The third kappa shape index (κ3) is 4.35. The van der Waals surface area contributed by atoms with Crippen molar-refractivity contribution in [3.8, 4) is 11.6 Å². The maximum atomic E-state index is 12.9. The quantitative estimate of drug-likeness (QED) is 0.454. The summed E-state index contributed by atoms with van der Waals surface area (Å²) in [6.07, 6.45) is 3.87. The van der Waals surface area contributed by atoms with Crippen molar-refractivity contribution in [1.82, 2.24) is 19.9 Å². The van der Waals surface area contributed by atoms with Crippen LogP contribution in [0.25, 0.3) is 11.0 Å². The van der Waals surface area contributed by atoms with Gasteiger partial charge in [-0.3, -0.25) is 9.59 Å². The number of imidazole rings is 1. The van der Waals surface area contributed by atoms with Crippen molar-refractivity contribution >= 4 is 22.7 Å². The number of rotatable bonds is 5. The van der Waals surface area contributed by atoms with Crippen LogP contribution in [0.2, 0.25) is 0 Å². The lowest BCUT2D eigenvalue weighted by Gasteiger charge is -2.18. The average molecular weight is 441 g/mol. The smallest absolute Gasteiger partial charge is 0.228 e.